The standard InChI is InChI=1S/C11H11ClN2O3/c12-8-5-7(3-4-13-8)10(15)14-9(11(16)17)6-1-2-6/h3-6,9H,1-2H2,(H,14,15)(H,16,17). The lowest BCUT2D eigenvalue weighted by molar-refractivity contribution is -0.139. The number of halogens is 1. The van der Waals surface area contributed by atoms with E-state index < -0.39 is 17.9 Å². The average Bonchev–Trinajstić information content (AvgIpc) is 3.09. The number of carbonyl (C=O) groups excluding carboxylic acids is 1. The summed E-state index contributed by atoms with van der Waals surface area (Å²) >= 11 is 5.66. The minimum atomic E-state index is -0.999. The molecular weight excluding hydrogens is 244 g/mol. The SMILES string of the molecule is O=C(NC(C(=O)O)C1CC1)c1ccnc(Cl)c1. The first-order valence-corrected chi connectivity index (χ1v) is 5.61. The van der Waals surface area contributed by atoms with Crippen LogP contribution in [0.1, 0.15) is 23.2 Å². The fraction of sp³-hybridized carbons (Fsp3) is 0.364. The highest BCUT2D eigenvalue weighted by molar-refractivity contribution is 6.29. The summed E-state index contributed by atoms with van der Waals surface area (Å²) in [5.41, 5.74) is 0.317. The molecule has 1 saturated carbocycles. The number of carboxylic acid groups (broad SMARTS) is 1. The molecule has 2 N–H and O–H groups in total. The van der Waals surface area contributed by atoms with Crippen LogP contribution in [-0.4, -0.2) is 28.0 Å². The van der Waals surface area contributed by atoms with E-state index in [0.29, 0.717) is 5.56 Å². The molecule has 1 aromatic rings. The second-order valence-corrected chi connectivity index (χ2v) is 4.38. The van der Waals surface area contributed by atoms with Gasteiger partial charge in [-0.2, -0.15) is 0 Å². The monoisotopic (exact) mass is 254 g/mol. The Kier molecular flexibility index (Phi) is 3.28. The minimum Gasteiger partial charge on any atom is -0.480 e. The van der Waals surface area contributed by atoms with Crippen molar-refractivity contribution in [3.63, 3.8) is 0 Å². The number of hydrogen-bond acceptors (Lipinski definition) is 3. The molecule has 1 heterocycles. The summed E-state index contributed by atoms with van der Waals surface area (Å²) in [5.74, 6) is -1.39. The second kappa shape index (κ2) is 4.71. The van der Waals surface area contributed by atoms with E-state index in [1.54, 1.807) is 0 Å². The highest BCUT2D eigenvalue weighted by atomic mass is 35.5. The molecule has 0 aromatic carbocycles. The lowest BCUT2D eigenvalue weighted by atomic mass is 10.1. The molecule has 0 spiro atoms. The fourth-order valence-electron chi connectivity index (χ4n) is 1.58. The van der Waals surface area contributed by atoms with Gasteiger partial charge in [0.05, 0.1) is 0 Å². The quantitative estimate of drug-likeness (QED) is 0.795. The molecule has 6 heteroatoms. The van der Waals surface area contributed by atoms with Crippen molar-refractivity contribution in [1.29, 1.82) is 0 Å². The zero-order valence-corrected chi connectivity index (χ0v) is 9.65. The van der Waals surface area contributed by atoms with Gasteiger partial charge in [0.25, 0.3) is 5.91 Å². The zero-order chi connectivity index (χ0) is 12.4. The van der Waals surface area contributed by atoms with Crippen LogP contribution in [0.15, 0.2) is 18.3 Å². The molecule has 1 aliphatic rings. The van der Waals surface area contributed by atoms with E-state index in [9.17, 15) is 9.59 Å². The Balaban J connectivity index is 2.07. The summed E-state index contributed by atoms with van der Waals surface area (Å²) < 4.78 is 0. The topological polar surface area (TPSA) is 79.3 Å². The first-order chi connectivity index (χ1) is 8.08. The van der Waals surface area contributed by atoms with Gasteiger partial charge in [-0.15, -0.1) is 0 Å². The third-order valence-corrected chi connectivity index (χ3v) is 2.84. The van der Waals surface area contributed by atoms with Crippen LogP contribution >= 0.6 is 11.6 Å². The number of aromatic nitrogens is 1. The molecule has 0 saturated heterocycles. The molecule has 1 unspecified atom stereocenters. The molecule has 17 heavy (non-hydrogen) atoms. The van der Waals surface area contributed by atoms with E-state index in [-0.39, 0.29) is 11.1 Å². The van der Waals surface area contributed by atoms with E-state index in [0.717, 1.165) is 12.8 Å². The Morgan fingerprint density at radius 2 is 2.24 bits per heavy atom. The second-order valence-electron chi connectivity index (χ2n) is 3.99. The van der Waals surface area contributed by atoms with Crippen LogP contribution in [0.5, 0.6) is 0 Å². The van der Waals surface area contributed by atoms with Gasteiger partial charge in [0, 0.05) is 11.8 Å². The van der Waals surface area contributed by atoms with Crippen LogP contribution < -0.4 is 5.32 Å². The largest absolute Gasteiger partial charge is 0.480 e. The molecule has 1 amide bonds. The van der Waals surface area contributed by atoms with Crippen molar-refractivity contribution < 1.29 is 14.7 Å². The molecule has 0 bridgehead atoms. The van der Waals surface area contributed by atoms with Gasteiger partial charge in [0.1, 0.15) is 11.2 Å². The fourth-order valence-corrected chi connectivity index (χ4v) is 1.75. The molecule has 1 aliphatic carbocycles. The number of amides is 1. The summed E-state index contributed by atoms with van der Waals surface area (Å²) in [4.78, 5) is 26.5. The number of carboxylic acids is 1. The highest BCUT2D eigenvalue weighted by Crippen LogP contribution is 2.32. The molecule has 1 fully saturated rings. The van der Waals surface area contributed by atoms with Crippen LogP contribution in [0, 0.1) is 5.92 Å². The maximum Gasteiger partial charge on any atom is 0.326 e. The maximum absolute atomic E-state index is 11.8. The molecular formula is C11H11ClN2O3. The smallest absolute Gasteiger partial charge is 0.326 e. The minimum absolute atomic E-state index is 0.0498. The van der Waals surface area contributed by atoms with Gasteiger partial charge in [0.2, 0.25) is 0 Å². The van der Waals surface area contributed by atoms with Crippen LogP contribution in [0.25, 0.3) is 0 Å². The van der Waals surface area contributed by atoms with Crippen LogP contribution in [-0.2, 0) is 4.79 Å². The predicted molar refractivity (Wildman–Crippen MR) is 60.9 cm³/mol. The highest BCUT2D eigenvalue weighted by Gasteiger charge is 2.37. The predicted octanol–water partition coefficient (Wildman–Crippen LogP) is 1.33. The van der Waals surface area contributed by atoms with E-state index >= 15 is 0 Å². The van der Waals surface area contributed by atoms with Gasteiger partial charge in [0.15, 0.2) is 0 Å². The Hall–Kier alpha value is -1.62. The number of rotatable bonds is 4. The van der Waals surface area contributed by atoms with Crippen LogP contribution in [0.2, 0.25) is 5.15 Å². The van der Waals surface area contributed by atoms with Crippen molar-refractivity contribution in [2.45, 2.75) is 18.9 Å². The number of pyridine rings is 1. The van der Waals surface area contributed by atoms with Gasteiger partial charge in [-0.05, 0) is 30.9 Å². The lowest BCUT2D eigenvalue weighted by Crippen LogP contribution is -2.42. The van der Waals surface area contributed by atoms with E-state index in [4.69, 9.17) is 16.7 Å². The number of nitrogens with one attached hydrogen (secondary N) is 1. The van der Waals surface area contributed by atoms with Crippen molar-refractivity contribution >= 4 is 23.5 Å². The number of carbonyl (C=O) groups is 2. The van der Waals surface area contributed by atoms with Crippen molar-refractivity contribution in [2.75, 3.05) is 0 Å². The average molecular weight is 255 g/mol. The summed E-state index contributed by atoms with van der Waals surface area (Å²) in [5, 5.41) is 11.7. The molecule has 90 valence electrons. The maximum atomic E-state index is 11.8. The Bertz CT molecular complexity index is 460. The van der Waals surface area contributed by atoms with Gasteiger partial charge in [-0.25, -0.2) is 9.78 Å². The number of aliphatic carboxylic acids is 1. The Morgan fingerprint density at radius 1 is 1.53 bits per heavy atom. The van der Waals surface area contributed by atoms with Crippen molar-refractivity contribution in [3.8, 4) is 0 Å². The summed E-state index contributed by atoms with van der Waals surface area (Å²) in [6.45, 7) is 0. The molecule has 5 nitrogen and oxygen atoms in total. The van der Waals surface area contributed by atoms with E-state index in [2.05, 4.69) is 10.3 Å². The molecule has 1 aromatic heterocycles. The van der Waals surface area contributed by atoms with Crippen LogP contribution in [0.4, 0.5) is 0 Å². The molecule has 2 rings (SSSR count). The van der Waals surface area contributed by atoms with Gasteiger partial charge >= 0.3 is 5.97 Å². The summed E-state index contributed by atoms with van der Waals surface area (Å²) in [6.07, 6.45) is 3.09. The first-order valence-electron chi connectivity index (χ1n) is 5.23. The third-order valence-electron chi connectivity index (χ3n) is 2.63. The molecule has 0 aliphatic heterocycles. The molecule has 1 atom stereocenters. The number of nitrogens with zero attached hydrogens (tertiary/aromatic N) is 1. The van der Waals surface area contributed by atoms with E-state index in [1.807, 2.05) is 0 Å². The van der Waals surface area contributed by atoms with Gasteiger partial charge in [-0.1, -0.05) is 11.6 Å². The van der Waals surface area contributed by atoms with Crippen molar-refractivity contribution in [2.24, 2.45) is 5.92 Å². The summed E-state index contributed by atoms with van der Waals surface area (Å²) in [7, 11) is 0. The number of hydrogen-bond donors (Lipinski definition) is 2. The zero-order valence-electron chi connectivity index (χ0n) is 8.89. The molecule has 0 radical (unpaired) electrons. The van der Waals surface area contributed by atoms with Crippen molar-refractivity contribution in [3.05, 3.63) is 29.0 Å². The first kappa shape index (κ1) is 11.9. The van der Waals surface area contributed by atoms with E-state index in [1.165, 1.54) is 18.3 Å². The Labute approximate surface area is 103 Å². The Morgan fingerprint density at radius 3 is 2.76 bits per heavy atom. The van der Waals surface area contributed by atoms with Crippen LogP contribution in [0.3, 0.4) is 0 Å². The van der Waals surface area contributed by atoms with Crippen molar-refractivity contribution in [1.82, 2.24) is 10.3 Å². The normalized spacial score (nSPS) is 16.3. The van der Waals surface area contributed by atoms with Gasteiger partial charge < -0.3 is 10.4 Å². The third kappa shape index (κ3) is 2.94. The summed E-state index contributed by atoms with van der Waals surface area (Å²) in [6, 6.07) is 2.09. The lowest BCUT2D eigenvalue weighted by Gasteiger charge is -2.13. The van der Waals surface area contributed by atoms with Gasteiger partial charge in [-0.3, -0.25) is 4.79 Å².